The molecule has 2 aromatic carbocycles. The molecule has 1 aliphatic carbocycles. The third-order valence-corrected chi connectivity index (χ3v) is 6.48. The Balaban J connectivity index is 1.20. The van der Waals surface area contributed by atoms with Gasteiger partial charge in [-0.1, -0.05) is 41.9 Å². The van der Waals surface area contributed by atoms with E-state index in [1.54, 1.807) is 12.3 Å². The Morgan fingerprint density at radius 3 is 2.56 bits per heavy atom. The highest BCUT2D eigenvalue weighted by atomic mass is 35.5. The van der Waals surface area contributed by atoms with E-state index in [9.17, 15) is 9.18 Å². The smallest absolute Gasteiger partial charge is 0.224 e. The number of carbonyl (C=O) groups excluding carboxylic acids is 1. The number of halogens is 2. The van der Waals surface area contributed by atoms with Crippen molar-refractivity contribution in [1.29, 1.82) is 0 Å². The maximum atomic E-state index is 13.5. The van der Waals surface area contributed by atoms with Crippen molar-refractivity contribution < 1.29 is 9.18 Å². The molecule has 1 aliphatic rings. The standard InChI is InChI=1S/C26H25ClFN7O/c27-20-13-19(10-11-21(20)28)33-25-24-22(30-15-31-25)14-29-26(35-24)34-18-8-6-17(7-9-18)32-23(36)12-16-4-2-1-3-5-16/h1-5,10-11,13-15,17-18H,6-9,12H2,(H,32,36)(H,29,34,35)(H,30,31,33). The fourth-order valence-electron chi connectivity index (χ4n) is 4.35. The third-order valence-electron chi connectivity index (χ3n) is 6.19. The second-order valence-electron chi connectivity index (χ2n) is 8.83. The van der Waals surface area contributed by atoms with Gasteiger partial charge in [0, 0.05) is 17.8 Å². The number of amides is 1. The number of nitrogens with one attached hydrogen (secondary N) is 3. The summed E-state index contributed by atoms with van der Waals surface area (Å²) in [4.78, 5) is 30.0. The van der Waals surface area contributed by atoms with E-state index in [1.807, 2.05) is 30.3 Å². The van der Waals surface area contributed by atoms with Gasteiger partial charge < -0.3 is 16.0 Å². The lowest BCUT2D eigenvalue weighted by Crippen LogP contribution is -2.40. The fraction of sp³-hybridized carbons (Fsp3) is 0.269. The van der Waals surface area contributed by atoms with Gasteiger partial charge in [0.2, 0.25) is 11.9 Å². The number of nitrogens with zero attached hydrogens (tertiary/aromatic N) is 4. The van der Waals surface area contributed by atoms with Crippen molar-refractivity contribution in [2.75, 3.05) is 10.6 Å². The summed E-state index contributed by atoms with van der Waals surface area (Å²) < 4.78 is 13.5. The van der Waals surface area contributed by atoms with Crippen LogP contribution in [-0.4, -0.2) is 37.9 Å². The Morgan fingerprint density at radius 1 is 1.00 bits per heavy atom. The Morgan fingerprint density at radius 2 is 1.78 bits per heavy atom. The number of benzene rings is 2. The third kappa shape index (κ3) is 5.85. The monoisotopic (exact) mass is 505 g/mol. The second kappa shape index (κ2) is 10.8. The summed E-state index contributed by atoms with van der Waals surface area (Å²) in [5.41, 5.74) is 2.72. The lowest BCUT2D eigenvalue weighted by Gasteiger charge is -2.29. The lowest BCUT2D eigenvalue weighted by atomic mass is 9.91. The number of rotatable bonds is 7. The highest BCUT2D eigenvalue weighted by Gasteiger charge is 2.23. The molecule has 10 heteroatoms. The van der Waals surface area contributed by atoms with E-state index in [4.69, 9.17) is 11.6 Å². The minimum Gasteiger partial charge on any atom is -0.353 e. The molecule has 8 nitrogen and oxygen atoms in total. The summed E-state index contributed by atoms with van der Waals surface area (Å²) >= 11 is 5.90. The SMILES string of the molecule is O=C(Cc1ccccc1)NC1CCC(Nc2ncc3ncnc(Nc4ccc(F)c(Cl)c4)c3n2)CC1. The first-order valence-corrected chi connectivity index (χ1v) is 12.2. The average Bonchev–Trinajstić information content (AvgIpc) is 2.88. The van der Waals surface area contributed by atoms with Gasteiger partial charge in [-0.25, -0.2) is 24.3 Å². The van der Waals surface area contributed by atoms with Gasteiger partial charge in [0.15, 0.2) is 5.82 Å². The molecule has 0 unspecified atom stereocenters. The predicted molar refractivity (Wildman–Crippen MR) is 138 cm³/mol. The van der Waals surface area contributed by atoms with Crippen LogP contribution in [0.25, 0.3) is 11.0 Å². The van der Waals surface area contributed by atoms with Crippen LogP contribution in [0.3, 0.4) is 0 Å². The van der Waals surface area contributed by atoms with Crippen LogP contribution in [0.1, 0.15) is 31.2 Å². The topological polar surface area (TPSA) is 105 Å². The minimum atomic E-state index is -0.492. The van der Waals surface area contributed by atoms with Crippen LogP contribution in [0.15, 0.2) is 61.1 Å². The zero-order chi connectivity index (χ0) is 24.9. The highest BCUT2D eigenvalue weighted by Crippen LogP contribution is 2.26. The van der Waals surface area contributed by atoms with Gasteiger partial charge in [-0.2, -0.15) is 0 Å². The first-order valence-electron chi connectivity index (χ1n) is 11.8. The molecule has 2 heterocycles. The van der Waals surface area contributed by atoms with Crippen molar-refractivity contribution in [3.05, 3.63) is 77.5 Å². The Labute approximate surface area is 212 Å². The summed E-state index contributed by atoms with van der Waals surface area (Å²) in [6, 6.07) is 14.5. The van der Waals surface area contributed by atoms with Crippen molar-refractivity contribution in [1.82, 2.24) is 25.3 Å². The summed E-state index contributed by atoms with van der Waals surface area (Å²) in [5.74, 6) is 0.513. The first kappa shape index (κ1) is 23.9. The normalized spacial score (nSPS) is 17.5. The van der Waals surface area contributed by atoms with E-state index in [1.165, 1.54) is 18.5 Å². The molecule has 1 saturated carbocycles. The highest BCUT2D eigenvalue weighted by molar-refractivity contribution is 6.31. The lowest BCUT2D eigenvalue weighted by molar-refractivity contribution is -0.121. The van der Waals surface area contributed by atoms with E-state index in [0.29, 0.717) is 34.9 Å². The molecule has 5 rings (SSSR count). The maximum Gasteiger partial charge on any atom is 0.224 e. The van der Waals surface area contributed by atoms with E-state index in [-0.39, 0.29) is 23.0 Å². The van der Waals surface area contributed by atoms with Gasteiger partial charge in [0.05, 0.1) is 17.6 Å². The molecule has 4 aromatic rings. The summed E-state index contributed by atoms with van der Waals surface area (Å²) in [7, 11) is 0. The number of fused-ring (bicyclic) bond motifs is 1. The van der Waals surface area contributed by atoms with Crippen molar-refractivity contribution in [3.63, 3.8) is 0 Å². The minimum absolute atomic E-state index is 0.0159. The van der Waals surface area contributed by atoms with E-state index in [2.05, 4.69) is 35.9 Å². The molecule has 2 aromatic heterocycles. The molecule has 0 atom stereocenters. The zero-order valence-corrected chi connectivity index (χ0v) is 20.2. The molecule has 1 fully saturated rings. The summed E-state index contributed by atoms with van der Waals surface area (Å²) in [6.07, 6.45) is 7.00. The molecule has 3 N–H and O–H groups in total. The number of carbonyl (C=O) groups is 1. The molecule has 0 aliphatic heterocycles. The van der Waals surface area contributed by atoms with Gasteiger partial charge in [0.25, 0.3) is 0 Å². The number of hydrogen-bond donors (Lipinski definition) is 3. The van der Waals surface area contributed by atoms with Crippen LogP contribution in [0.2, 0.25) is 5.02 Å². The molecular weight excluding hydrogens is 481 g/mol. The Bertz CT molecular complexity index is 1360. The summed E-state index contributed by atoms with van der Waals surface area (Å²) in [5, 5.41) is 9.71. The van der Waals surface area contributed by atoms with Crippen LogP contribution < -0.4 is 16.0 Å². The number of aromatic nitrogens is 4. The van der Waals surface area contributed by atoms with E-state index < -0.39 is 5.82 Å². The zero-order valence-electron chi connectivity index (χ0n) is 19.4. The predicted octanol–water partition coefficient (Wildman–Crippen LogP) is 5.04. The molecule has 184 valence electrons. The van der Waals surface area contributed by atoms with Gasteiger partial charge in [-0.15, -0.1) is 0 Å². The molecule has 0 bridgehead atoms. The van der Waals surface area contributed by atoms with Crippen molar-refractivity contribution in [2.45, 2.75) is 44.2 Å². The van der Waals surface area contributed by atoms with Crippen molar-refractivity contribution in [3.8, 4) is 0 Å². The van der Waals surface area contributed by atoms with Crippen LogP contribution in [0, 0.1) is 5.82 Å². The molecule has 0 radical (unpaired) electrons. The Kier molecular flexibility index (Phi) is 7.18. The van der Waals surface area contributed by atoms with Gasteiger partial charge >= 0.3 is 0 Å². The van der Waals surface area contributed by atoms with Gasteiger partial charge in [0.1, 0.15) is 23.2 Å². The van der Waals surface area contributed by atoms with Crippen molar-refractivity contribution in [2.24, 2.45) is 0 Å². The molecule has 36 heavy (non-hydrogen) atoms. The van der Waals surface area contributed by atoms with E-state index >= 15 is 0 Å². The Hall–Kier alpha value is -3.85. The van der Waals surface area contributed by atoms with Crippen LogP contribution >= 0.6 is 11.6 Å². The first-order chi connectivity index (χ1) is 17.5. The fourth-order valence-corrected chi connectivity index (χ4v) is 4.53. The molecule has 0 saturated heterocycles. The summed E-state index contributed by atoms with van der Waals surface area (Å²) in [6.45, 7) is 0. The van der Waals surface area contributed by atoms with Gasteiger partial charge in [-0.05, 0) is 49.4 Å². The number of anilines is 3. The average molecular weight is 506 g/mol. The molecule has 0 spiro atoms. The number of hydrogen-bond acceptors (Lipinski definition) is 7. The van der Waals surface area contributed by atoms with Gasteiger partial charge in [-0.3, -0.25) is 4.79 Å². The quantitative estimate of drug-likeness (QED) is 0.323. The molecule has 1 amide bonds. The molecular formula is C26H25ClFN7O. The van der Waals surface area contributed by atoms with Crippen LogP contribution in [-0.2, 0) is 11.2 Å². The maximum absolute atomic E-state index is 13.5. The van der Waals surface area contributed by atoms with Crippen LogP contribution in [0.5, 0.6) is 0 Å². The van der Waals surface area contributed by atoms with E-state index in [0.717, 1.165) is 31.2 Å². The largest absolute Gasteiger partial charge is 0.353 e. The van der Waals surface area contributed by atoms with Crippen molar-refractivity contribution >= 4 is 46.0 Å². The van der Waals surface area contributed by atoms with Crippen LogP contribution in [0.4, 0.5) is 21.8 Å². The second-order valence-corrected chi connectivity index (χ2v) is 9.23.